The molecule has 1 heterocycles. The van der Waals surface area contributed by atoms with E-state index in [4.69, 9.17) is 0 Å². The second-order valence-electron chi connectivity index (χ2n) is 3.94. The molecule has 0 atom stereocenters. The van der Waals surface area contributed by atoms with Crippen LogP contribution in [0.2, 0.25) is 0 Å². The van der Waals surface area contributed by atoms with Crippen molar-refractivity contribution in [1.82, 2.24) is 9.97 Å². The molecule has 0 aliphatic carbocycles. The molecule has 0 spiro atoms. The first kappa shape index (κ1) is 14.0. The quantitative estimate of drug-likeness (QED) is 0.693. The fraction of sp³-hybridized carbons (Fsp3) is 0.154. The maximum absolute atomic E-state index is 12.9. The van der Waals surface area contributed by atoms with Gasteiger partial charge >= 0.3 is 6.18 Å². The van der Waals surface area contributed by atoms with Crippen LogP contribution in [0, 0.1) is 0 Å². The predicted molar refractivity (Wildman–Crippen MR) is 69.3 cm³/mol. The Labute approximate surface area is 113 Å². The third-order valence-corrected chi connectivity index (χ3v) is 2.52. The van der Waals surface area contributed by atoms with Gasteiger partial charge in [0.1, 0.15) is 0 Å². The van der Waals surface area contributed by atoms with Crippen molar-refractivity contribution in [3.05, 3.63) is 54.0 Å². The highest BCUT2D eigenvalue weighted by Crippen LogP contribution is 2.32. The van der Waals surface area contributed by atoms with Crippen molar-refractivity contribution < 1.29 is 13.2 Å². The molecule has 0 saturated heterocycles. The van der Waals surface area contributed by atoms with Crippen LogP contribution in [-0.2, 0) is 6.18 Å². The van der Waals surface area contributed by atoms with E-state index in [0.29, 0.717) is 5.82 Å². The molecule has 7 heteroatoms. The van der Waals surface area contributed by atoms with Crippen LogP contribution in [0.25, 0.3) is 0 Å². The van der Waals surface area contributed by atoms with Gasteiger partial charge < -0.3 is 0 Å². The summed E-state index contributed by atoms with van der Waals surface area (Å²) in [6.07, 6.45) is -0.0517. The molecule has 2 rings (SSSR count). The molecule has 1 aromatic heterocycles. The summed E-state index contributed by atoms with van der Waals surface area (Å²) in [5.74, 6) is 0.358. The highest BCUT2D eigenvalue weighted by molar-refractivity contribution is 6.00. The molecule has 4 nitrogen and oxygen atoms in total. The molecule has 0 amide bonds. The van der Waals surface area contributed by atoms with E-state index >= 15 is 0 Å². The summed E-state index contributed by atoms with van der Waals surface area (Å²) in [4.78, 5) is 7.73. The normalized spacial score (nSPS) is 12.3. The molecular weight excluding hydrogens is 269 g/mol. The van der Waals surface area contributed by atoms with Crippen LogP contribution >= 0.6 is 0 Å². The van der Waals surface area contributed by atoms with Gasteiger partial charge in [0.2, 0.25) is 0 Å². The summed E-state index contributed by atoms with van der Waals surface area (Å²) in [5, 5.41) is 3.90. The van der Waals surface area contributed by atoms with E-state index in [-0.39, 0.29) is 11.3 Å². The number of anilines is 1. The lowest BCUT2D eigenvalue weighted by Crippen LogP contribution is -2.12. The fourth-order valence-corrected chi connectivity index (χ4v) is 1.60. The van der Waals surface area contributed by atoms with Crippen LogP contribution in [0.5, 0.6) is 0 Å². The predicted octanol–water partition coefficient (Wildman–Crippen LogP) is 3.33. The average Bonchev–Trinajstić information content (AvgIpc) is 2.45. The molecule has 0 unspecified atom stereocenters. The third kappa shape index (κ3) is 3.31. The molecule has 20 heavy (non-hydrogen) atoms. The van der Waals surface area contributed by atoms with Gasteiger partial charge in [-0.3, -0.25) is 10.4 Å². The minimum absolute atomic E-state index is 0.0244. The van der Waals surface area contributed by atoms with Crippen molar-refractivity contribution in [1.29, 1.82) is 0 Å². The largest absolute Gasteiger partial charge is 0.417 e. The molecule has 2 aromatic rings. The first-order valence-corrected chi connectivity index (χ1v) is 5.71. The lowest BCUT2D eigenvalue weighted by atomic mass is 10.0. The summed E-state index contributed by atoms with van der Waals surface area (Å²) >= 11 is 0. The minimum atomic E-state index is -4.42. The lowest BCUT2D eigenvalue weighted by molar-refractivity contribution is -0.137. The standard InChI is InChI=1S/C13H11F3N4/c1-9(19-20-12-8-17-6-7-18-12)10-4-2-3-5-11(10)13(14,15)16/h2-8H,1H3,(H,18,20). The van der Waals surface area contributed by atoms with Crippen molar-refractivity contribution in [2.24, 2.45) is 5.10 Å². The van der Waals surface area contributed by atoms with Crippen molar-refractivity contribution >= 4 is 11.5 Å². The number of alkyl halides is 3. The minimum Gasteiger partial charge on any atom is -0.260 e. The van der Waals surface area contributed by atoms with Gasteiger partial charge in [0.15, 0.2) is 5.82 Å². The molecule has 104 valence electrons. The molecular formula is C13H11F3N4. The number of aromatic nitrogens is 2. The molecule has 0 fully saturated rings. The molecule has 0 aliphatic rings. The number of benzene rings is 1. The van der Waals surface area contributed by atoms with Crippen LogP contribution in [0.4, 0.5) is 19.0 Å². The Hall–Kier alpha value is -2.44. The third-order valence-electron chi connectivity index (χ3n) is 2.52. The van der Waals surface area contributed by atoms with E-state index < -0.39 is 11.7 Å². The van der Waals surface area contributed by atoms with E-state index in [1.54, 1.807) is 0 Å². The van der Waals surface area contributed by atoms with Gasteiger partial charge in [0.05, 0.1) is 17.5 Å². The maximum Gasteiger partial charge on any atom is 0.417 e. The van der Waals surface area contributed by atoms with Crippen molar-refractivity contribution in [2.45, 2.75) is 13.1 Å². The van der Waals surface area contributed by atoms with Crippen LogP contribution in [-0.4, -0.2) is 15.7 Å². The van der Waals surface area contributed by atoms with Gasteiger partial charge in [-0.2, -0.15) is 18.3 Å². The van der Waals surface area contributed by atoms with E-state index in [2.05, 4.69) is 20.5 Å². The Kier molecular flexibility index (Phi) is 3.97. The zero-order valence-corrected chi connectivity index (χ0v) is 10.5. The first-order chi connectivity index (χ1) is 9.48. The monoisotopic (exact) mass is 280 g/mol. The number of halogens is 3. The van der Waals surface area contributed by atoms with E-state index in [9.17, 15) is 13.2 Å². The van der Waals surface area contributed by atoms with Crippen LogP contribution < -0.4 is 5.43 Å². The van der Waals surface area contributed by atoms with Gasteiger partial charge in [0.25, 0.3) is 0 Å². The molecule has 0 aliphatic heterocycles. The summed E-state index contributed by atoms with van der Waals surface area (Å²) < 4.78 is 38.6. The zero-order chi connectivity index (χ0) is 14.6. The van der Waals surface area contributed by atoms with Crippen molar-refractivity contribution in [3.8, 4) is 0 Å². The molecule has 1 N–H and O–H groups in total. The number of hydrogen-bond acceptors (Lipinski definition) is 4. The summed E-state index contributed by atoms with van der Waals surface area (Å²) in [5.41, 5.74) is 2.08. The Morgan fingerprint density at radius 2 is 1.95 bits per heavy atom. The SMILES string of the molecule is CC(=NNc1cnccn1)c1ccccc1C(F)(F)F. The molecule has 0 bridgehead atoms. The Morgan fingerprint density at radius 3 is 2.60 bits per heavy atom. The molecule has 0 saturated carbocycles. The van der Waals surface area contributed by atoms with Gasteiger partial charge in [-0.25, -0.2) is 4.98 Å². The van der Waals surface area contributed by atoms with Crippen LogP contribution in [0.3, 0.4) is 0 Å². The van der Waals surface area contributed by atoms with Gasteiger partial charge in [0, 0.05) is 18.0 Å². The highest BCUT2D eigenvalue weighted by atomic mass is 19.4. The molecule has 1 aromatic carbocycles. The summed E-state index contributed by atoms with van der Waals surface area (Å²) in [6, 6.07) is 5.28. The van der Waals surface area contributed by atoms with Gasteiger partial charge in [-0.05, 0) is 13.0 Å². The molecule has 0 radical (unpaired) electrons. The number of hydrogen-bond donors (Lipinski definition) is 1. The second kappa shape index (κ2) is 5.68. The number of nitrogens with zero attached hydrogens (tertiary/aromatic N) is 3. The van der Waals surface area contributed by atoms with Gasteiger partial charge in [-0.15, -0.1) is 0 Å². The van der Waals surface area contributed by atoms with E-state index in [1.807, 2.05) is 0 Å². The topological polar surface area (TPSA) is 50.2 Å². The van der Waals surface area contributed by atoms with Crippen LogP contribution in [0.1, 0.15) is 18.1 Å². The Bertz CT molecular complexity index is 609. The lowest BCUT2D eigenvalue weighted by Gasteiger charge is -2.12. The zero-order valence-electron chi connectivity index (χ0n) is 10.5. The van der Waals surface area contributed by atoms with Crippen molar-refractivity contribution in [2.75, 3.05) is 5.43 Å². The fourth-order valence-electron chi connectivity index (χ4n) is 1.60. The van der Waals surface area contributed by atoms with E-state index in [1.165, 1.54) is 43.7 Å². The van der Waals surface area contributed by atoms with E-state index in [0.717, 1.165) is 6.07 Å². The number of rotatable bonds is 3. The Balaban J connectivity index is 2.27. The average molecular weight is 280 g/mol. The summed E-state index contributed by atoms with van der Waals surface area (Å²) in [7, 11) is 0. The number of hydrazone groups is 1. The van der Waals surface area contributed by atoms with Crippen molar-refractivity contribution in [3.63, 3.8) is 0 Å². The van der Waals surface area contributed by atoms with Gasteiger partial charge in [-0.1, -0.05) is 18.2 Å². The maximum atomic E-state index is 12.9. The first-order valence-electron chi connectivity index (χ1n) is 5.71. The Morgan fingerprint density at radius 1 is 1.20 bits per heavy atom. The highest BCUT2D eigenvalue weighted by Gasteiger charge is 2.33. The number of nitrogens with one attached hydrogen (secondary N) is 1. The second-order valence-corrected chi connectivity index (χ2v) is 3.94. The summed E-state index contributed by atoms with van der Waals surface area (Å²) in [6.45, 7) is 1.49. The van der Waals surface area contributed by atoms with Crippen LogP contribution in [0.15, 0.2) is 48.0 Å². The smallest absolute Gasteiger partial charge is 0.260 e.